The van der Waals surface area contributed by atoms with Gasteiger partial charge < -0.3 is 5.32 Å². The summed E-state index contributed by atoms with van der Waals surface area (Å²) in [5, 5.41) is 3.25. The summed E-state index contributed by atoms with van der Waals surface area (Å²) < 4.78 is 0. The minimum Gasteiger partial charge on any atom is -0.305 e. The molecule has 0 heterocycles. The van der Waals surface area contributed by atoms with Crippen LogP contribution in [0.5, 0.6) is 0 Å². The van der Waals surface area contributed by atoms with E-state index in [4.69, 9.17) is 6.42 Å². The number of nitrogens with one attached hydrogen (secondary N) is 1. The Morgan fingerprint density at radius 3 is 2.43 bits per heavy atom. The van der Waals surface area contributed by atoms with Gasteiger partial charge in [0.1, 0.15) is 0 Å². The molecule has 0 saturated carbocycles. The Balaban J connectivity index is 3.89. The highest BCUT2D eigenvalue weighted by Gasteiger charge is 2.14. The Hall–Kier alpha value is -0.520. The Morgan fingerprint density at radius 1 is 1.36 bits per heavy atom. The molecular formula is C12H24N2. The lowest BCUT2D eigenvalue weighted by molar-refractivity contribution is 0.162. The van der Waals surface area contributed by atoms with E-state index >= 15 is 0 Å². The first-order chi connectivity index (χ1) is 6.63. The molecule has 0 aliphatic carbocycles. The molecule has 2 nitrogen and oxygen atoms in total. The third-order valence-corrected chi connectivity index (χ3v) is 2.38. The Kier molecular flexibility index (Phi) is 7.55. The van der Waals surface area contributed by atoms with E-state index in [9.17, 15) is 0 Å². The number of rotatable bonds is 7. The van der Waals surface area contributed by atoms with E-state index in [2.05, 4.69) is 43.8 Å². The van der Waals surface area contributed by atoms with Crippen molar-refractivity contribution in [3.05, 3.63) is 0 Å². The average molecular weight is 196 g/mol. The average Bonchev–Trinajstić information content (AvgIpc) is 2.13. The summed E-state index contributed by atoms with van der Waals surface area (Å²) in [5.41, 5.74) is 0. The molecule has 0 fully saturated rings. The Labute approximate surface area is 89.1 Å². The second-order valence-electron chi connectivity index (χ2n) is 4.02. The lowest BCUT2D eigenvalue weighted by Gasteiger charge is -2.32. The summed E-state index contributed by atoms with van der Waals surface area (Å²) in [7, 11) is 0. The highest BCUT2D eigenvalue weighted by atomic mass is 15.2. The minimum absolute atomic E-state index is 0.559. The van der Waals surface area contributed by atoms with Crippen LogP contribution in [0.1, 0.15) is 34.1 Å². The van der Waals surface area contributed by atoms with Crippen molar-refractivity contribution < 1.29 is 0 Å². The summed E-state index contributed by atoms with van der Waals surface area (Å²) in [5.74, 6) is 2.59. The van der Waals surface area contributed by atoms with Crippen LogP contribution in [0.3, 0.4) is 0 Å². The molecule has 0 bridgehead atoms. The van der Waals surface area contributed by atoms with E-state index in [1.807, 2.05) is 0 Å². The van der Waals surface area contributed by atoms with Gasteiger partial charge >= 0.3 is 0 Å². The van der Waals surface area contributed by atoms with Gasteiger partial charge in [-0.15, -0.1) is 6.42 Å². The maximum absolute atomic E-state index is 5.18. The molecule has 0 aliphatic rings. The van der Waals surface area contributed by atoms with Crippen LogP contribution in [0.15, 0.2) is 0 Å². The van der Waals surface area contributed by atoms with Crippen molar-refractivity contribution in [3.8, 4) is 12.3 Å². The van der Waals surface area contributed by atoms with Crippen molar-refractivity contribution >= 4 is 0 Å². The molecule has 0 spiro atoms. The summed E-state index contributed by atoms with van der Waals surface area (Å²) in [6.45, 7) is 11.8. The molecule has 0 rings (SSSR count). The predicted octanol–water partition coefficient (Wildman–Crippen LogP) is 1.72. The van der Waals surface area contributed by atoms with Gasteiger partial charge in [0, 0.05) is 18.6 Å². The Bertz CT molecular complexity index is 170. The zero-order valence-corrected chi connectivity index (χ0v) is 10.0. The SMILES string of the molecule is C#CCNCC(C)N(CCC)C(C)C. The molecule has 14 heavy (non-hydrogen) atoms. The fourth-order valence-corrected chi connectivity index (χ4v) is 1.72. The quantitative estimate of drug-likeness (QED) is 0.493. The van der Waals surface area contributed by atoms with Gasteiger partial charge in [-0.05, 0) is 33.7 Å². The number of nitrogens with zero attached hydrogens (tertiary/aromatic N) is 1. The van der Waals surface area contributed by atoms with Crippen LogP contribution in [-0.2, 0) is 0 Å². The molecule has 2 heteroatoms. The van der Waals surface area contributed by atoms with Crippen LogP contribution in [0, 0.1) is 12.3 Å². The summed E-state index contributed by atoms with van der Waals surface area (Å²) in [4.78, 5) is 2.50. The molecule has 1 atom stereocenters. The third-order valence-electron chi connectivity index (χ3n) is 2.38. The first kappa shape index (κ1) is 13.5. The number of hydrogen-bond acceptors (Lipinski definition) is 2. The lowest BCUT2D eigenvalue weighted by atomic mass is 10.2. The van der Waals surface area contributed by atoms with Crippen molar-refractivity contribution in [2.45, 2.75) is 46.2 Å². The maximum Gasteiger partial charge on any atom is 0.0574 e. The lowest BCUT2D eigenvalue weighted by Crippen LogP contribution is -2.44. The highest BCUT2D eigenvalue weighted by molar-refractivity contribution is 4.87. The second-order valence-corrected chi connectivity index (χ2v) is 4.02. The molecule has 1 unspecified atom stereocenters. The second kappa shape index (κ2) is 7.84. The van der Waals surface area contributed by atoms with Gasteiger partial charge in [-0.1, -0.05) is 12.8 Å². The maximum atomic E-state index is 5.18. The standard InChI is InChI=1S/C12H24N2/c1-6-8-13-10-12(5)14(9-7-2)11(3)4/h1,11-13H,7-10H2,2-5H3. The molecule has 0 aromatic carbocycles. The van der Waals surface area contributed by atoms with Crippen LogP contribution in [-0.4, -0.2) is 36.6 Å². The van der Waals surface area contributed by atoms with Crippen molar-refractivity contribution in [3.63, 3.8) is 0 Å². The van der Waals surface area contributed by atoms with E-state index in [-0.39, 0.29) is 0 Å². The van der Waals surface area contributed by atoms with Gasteiger partial charge in [0.2, 0.25) is 0 Å². The number of terminal acetylenes is 1. The predicted molar refractivity (Wildman–Crippen MR) is 63.3 cm³/mol. The Morgan fingerprint density at radius 2 is 2.00 bits per heavy atom. The number of hydrogen-bond donors (Lipinski definition) is 1. The van der Waals surface area contributed by atoms with Gasteiger partial charge in [0.25, 0.3) is 0 Å². The fraction of sp³-hybridized carbons (Fsp3) is 0.833. The van der Waals surface area contributed by atoms with Crippen molar-refractivity contribution in [2.24, 2.45) is 0 Å². The van der Waals surface area contributed by atoms with Gasteiger partial charge in [0.05, 0.1) is 6.54 Å². The van der Waals surface area contributed by atoms with E-state index < -0.39 is 0 Å². The summed E-state index contributed by atoms with van der Waals surface area (Å²) in [6, 6.07) is 1.17. The van der Waals surface area contributed by atoms with E-state index in [1.54, 1.807) is 0 Å². The minimum atomic E-state index is 0.559. The fourth-order valence-electron chi connectivity index (χ4n) is 1.72. The molecule has 82 valence electrons. The molecular weight excluding hydrogens is 172 g/mol. The molecule has 0 saturated heterocycles. The molecule has 0 amide bonds. The molecule has 1 N–H and O–H groups in total. The van der Waals surface area contributed by atoms with Crippen molar-refractivity contribution in [1.29, 1.82) is 0 Å². The van der Waals surface area contributed by atoms with E-state index in [1.165, 1.54) is 6.42 Å². The largest absolute Gasteiger partial charge is 0.305 e. The zero-order valence-electron chi connectivity index (χ0n) is 10.0. The van der Waals surface area contributed by atoms with Gasteiger partial charge in [-0.25, -0.2) is 0 Å². The van der Waals surface area contributed by atoms with Crippen LogP contribution in [0.25, 0.3) is 0 Å². The van der Waals surface area contributed by atoms with Gasteiger partial charge in [0.15, 0.2) is 0 Å². The van der Waals surface area contributed by atoms with Crippen LogP contribution < -0.4 is 5.32 Å². The van der Waals surface area contributed by atoms with Gasteiger partial charge in [-0.3, -0.25) is 4.90 Å². The third kappa shape index (κ3) is 5.26. The smallest absolute Gasteiger partial charge is 0.0574 e. The monoisotopic (exact) mass is 196 g/mol. The first-order valence-electron chi connectivity index (χ1n) is 5.53. The topological polar surface area (TPSA) is 15.3 Å². The van der Waals surface area contributed by atoms with Crippen LogP contribution in [0.2, 0.25) is 0 Å². The van der Waals surface area contributed by atoms with E-state index in [0.29, 0.717) is 18.6 Å². The van der Waals surface area contributed by atoms with Crippen LogP contribution >= 0.6 is 0 Å². The van der Waals surface area contributed by atoms with Crippen LogP contribution in [0.4, 0.5) is 0 Å². The van der Waals surface area contributed by atoms with Crippen molar-refractivity contribution in [2.75, 3.05) is 19.6 Å². The first-order valence-corrected chi connectivity index (χ1v) is 5.53. The molecule has 0 radical (unpaired) electrons. The molecule has 0 aliphatic heterocycles. The van der Waals surface area contributed by atoms with E-state index in [0.717, 1.165) is 13.1 Å². The van der Waals surface area contributed by atoms with Crippen molar-refractivity contribution in [1.82, 2.24) is 10.2 Å². The highest BCUT2D eigenvalue weighted by Crippen LogP contribution is 2.05. The summed E-state index contributed by atoms with van der Waals surface area (Å²) >= 11 is 0. The molecule has 0 aromatic heterocycles. The molecule has 0 aromatic rings. The van der Waals surface area contributed by atoms with Gasteiger partial charge in [-0.2, -0.15) is 0 Å². The zero-order chi connectivity index (χ0) is 11.0. The normalized spacial score (nSPS) is 13.2. The summed E-state index contributed by atoms with van der Waals surface area (Å²) in [6.07, 6.45) is 6.39.